The third-order valence-corrected chi connectivity index (χ3v) is 2.76. The molecular weight excluding hydrogens is 366 g/mol. The molecule has 0 spiro atoms. The molecule has 1 unspecified atom stereocenters. The summed E-state index contributed by atoms with van der Waals surface area (Å²) in [5.41, 5.74) is 0. The minimum absolute atomic E-state index is 0.0656. The molecule has 28 heavy (non-hydrogen) atoms. The standard InChI is InChI=1S/C20H31NO7/c1-14(2)26-19(23)9-8-16(5)28-17(12-21(6)7)13-25-18(22)10-11-20(24)27-15(3)4/h8-11,14-15,17H,5,12-13H2,1-4,6-7H3/b9-8+,11-10+. The molecule has 0 fully saturated rings. The van der Waals surface area contributed by atoms with Crippen LogP contribution in [0.4, 0.5) is 0 Å². The Labute approximate surface area is 166 Å². The van der Waals surface area contributed by atoms with Gasteiger partial charge in [-0.3, -0.25) is 0 Å². The van der Waals surface area contributed by atoms with Gasteiger partial charge in [-0.25, -0.2) is 14.4 Å². The van der Waals surface area contributed by atoms with Crippen LogP contribution in [0.3, 0.4) is 0 Å². The van der Waals surface area contributed by atoms with E-state index in [4.69, 9.17) is 18.9 Å². The molecular formula is C20H31NO7. The van der Waals surface area contributed by atoms with Gasteiger partial charge in [-0.2, -0.15) is 0 Å². The fourth-order valence-corrected chi connectivity index (χ4v) is 1.85. The number of carbonyl (C=O) groups excluding carboxylic acids is 3. The topological polar surface area (TPSA) is 91.4 Å². The first-order valence-electron chi connectivity index (χ1n) is 8.94. The molecule has 8 nitrogen and oxygen atoms in total. The van der Waals surface area contributed by atoms with Crippen molar-refractivity contribution in [2.75, 3.05) is 27.2 Å². The van der Waals surface area contributed by atoms with E-state index in [-0.39, 0.29) is 24.6 Å². The van der Waals surface area contributed by atoms with E-state index in [1.54, 1.807) is 27.7 Å². The number of likely N-dealkylation sites (N-methyl/N-ethyl adjacent to an activating group) is 1. The van der Waals surface area contributed by atoms with Gasteiger partial charge in [0.1, 0.15) is 18.5 Å². The van der Waals surface area contributed by atoms with Crippen molar-refractivity contribution in [2.45, 2.75) is 46.0 Å². The highest BCUT2D eigenvalue weighted by Crippen LogP contribution is 2.06. The van der Waals surface area contributed by atoms with E-state index < -0.39 is 24.0 Å². The van der Waals surface area contributed by atoms with Gasteiger partial charge in [0.2, 0.25) is 0 Å². The number of ether oxygens (including phenoxy) is 4. The molecule has 0 amide bonds. The molecule has 0 saturated heterocycles. The number of carbonyl (C=O) groups is 3. The maximum atomic E-state index is 11.7. The van der Waals surface area contributed by atoms with Gasteiger partial charge in [-0.15, -0.1) is 0 Å². The molecule has 158 valence electrons. The maximum absolute atomic E-state index is 11.7. The van der Waals surface area contributed by atoms with Crippen LogP contribution in [0.2, 0.25) is 0 Å². The first-order chi connectivity index (χ1) is 13.0. The average Bonchev–Trinajstić information content (AvgIpc) is 2.54. The van der Waals surface area contributed by atoms with Crippen molar-refractivity contribution in [2.24, 2.45) is 0 Å². The average molecular weight is 397 g/mol. The van der Waals surface area contributed by atoms with E-state index in [0.717, 1.165) is 12.2 Å². The first-order valence-corrected chi connectivity index (χ1v) is 8.94. The molecule has 1 atom stereocenters. The smallest absolute Gasteiger partial charge is 0.331 e. The first kappa shape index (κ1) is 25.4. The zero-order chi connectivity index (χ0) is 21.7. The Bertz CT molecular complexity index is 591. The lowest BCUT2D eigenvalue weighted by Gasteiger charge is -2.22. The molecule has 0 bridgehead atoms. The van der Waals surface area contributed by atoms with E-state index in [2.05, 4.69) is 6.58 Å². The second-order valence-corrected chi connectivity index (χ2v) is 6.74. The fourth-order valence-electron chi connectivity index (χ4n) is 1.85. The van der Waals surface area contributed by atoms with Crippen LogP contribution in [0, 0.1) is 0 Å². The van der Waals surface area contributed by atoms with E-state index in [1.807, 2.05) is 19.0 Å². The summed E-state index contributed by atoms with van der Waals surface area (Å²) in [4.78, 5) is 36.5. The van der Waals surface area contributed by atoms with Crippen LogP contribution in [-0.4, -0.2) is 68.4 Å². The zero-order valence-corrected chi connectivity index (χ0v) is 17.5. The number of nitrogens with zero attached hydrogens (tertiary/aromatic N) is 1. The van der Waals surface area contributed by atoms with Crippen LogP contribution < -0.4 is 0 Å². The number of allylic oxidation sites excluding steroid dienone is 1. The van der Waals surface area contributed by atoms with Crippen molar-refractivity contribution >= 4 is 17.9 Å². The van der Waals surface area contributed by atoms with E-state index in [9.17, 15) is 14.4 Å². The molecule has 0 saturated carbocycles. The van der Waals surface area contributed by atoms with Gasteiger partial charge >= 0.3 is 17.9 Å². The Balaban J connectivity index is 4.62. The summed E-state index contributed by atoms with van der Waals surface area (Å²) in [5.74, 6) is -1.61. The Hall–Kier alpha value is -2.61. The van der Waals surface area contributed by atoms with Crippen molar-refractivity contribution in [1.82, 2.24) is 4.90 Å². The van der Waals surface area contributed by atoms with Gasteiger partial charge in [0, 0.05) is 24.8 Å². The minimum atomic E-state index is -0.699. The van der Waals surface area contributed by atoms with Crippen molar-refractivity contribution in [3.05, 3.63) is 36.6 Å². The molecule has 0 rings (SSSR count). The molecule has 0 radical (unpaired) electrons. The van der Waals surface area contributed by atoms with Gasteiger partial charge in [0.25, 0.3) is 0 Å². The predicted molar refractivity (Wildman–Crippen MR) is 104 cm³/mol. The lowest BCUT2D eigenvalue weighted by Crippen LogP contribution is -2.32. The number of esters is 3. The van der Waals surface area contributed by atoms with E-state index in [0.29, 0.717) is 6.54 Å². The number of hydrogen-bond donors (Lipinski definition) is 0. The molecule has 0 N–H and O–H groups in total. The summed E-state index contributed by atoms with van der Waals surface area (Å²) in [5, 5.41) is 0. The second-order valence-electron chi connectivity index (χ2n) is 6.74. The van der Waals surface area contributed by atoms with Crippen molar-refractivity contribution in [3.8, 4) is 0 Å². The van der Waals surface area contributed by atoms with Gasteiger partial charge in [-0.1, -0.05) is 6.58 Å². The van der Waals surface area contributed by atoms with Crippen LogP contribution in [0.15, 0.2) is 36.6 Å². The van der Waals surface area contributed by atoms with Crippen LogP contribution in [0.1, 0.15) is 27.7 Å². The molecule has 0 aliphatic heterocycles. The SMILES string of the molecule is C=C(/C=C/C(=O)OC(C)C)OC(COC(=O)/C=C/C(=O)OC(C)C)CN(C)C. The molecule has 0 aliphatic rings. The van der Waals surface area contributed by atoms with Crippen molar-refractivity contribution < 1.29 is 33.3 Å². The number of rotatable bonds is 12. The summed E-state index contributed by atoms with van der Waals surface area (Å²) < 4.78 is 20.6. The maximum Gasteiger partial charge on any atom is 0.331 e. The monoisotopic (exact) mass is 397 g/mol. The van der Waals surface area contributed by atoms with Crippen LogP contribution in [0.5, 0.6) is 0 Å². The Kier molecular flexibility index (Phi) is 12.3. The third kappa shape index (κ3) is 14.5. The Morgan fingerprint density at radius 2 is 1.29 bits per heavy atom. The Morgan fingerprint density at radius 1 is 0.821 bits per heavy atom. The summed E-state index contributed by atoms with van der Waals surface area (Å²) >= 11 is 0. The largest absolute Gasteiger partial charge is 0.486 e. The predicted octanol–water partition coefficient (Wildman–Crippen LogP) is 2.01. The van der Waals surface area contributed by atoms with Gasteiger partial charge < -0.3 is 23.8 Å². The lowest BCUT2D eigenvalue weighted by atomic mass is 10.3. The highest BCUT2D eigenvalue weighted by molar-refractivity contribution is 5.91. The normalized spacial score (nSPS) is 12.6. The molecule has 0 aromatic heterocycles. The molecule has 0 aromatic rings. The summed E-state index contributed by atoms with van der Waals surface area (Å²) in [6.45, 7) is 11.0. The Morgan fingerprint density at radius 3 is 1.75 bits per heavy atom. The van der Waals surface area contributed by atoms with Crippen molar-refractivity contribution in [1.29, 1.82) is 0 Å². The summed E-state index contributed by atoms with van der Waals surface area (Å²) in [7, 11) is 3.66. The van der Waals surface area contributed by atoms with E-state index >= 15 is 0 Å². The quantitative estimate of drug-likeness (QED) is 0.162. The van der Waals surface area contributed by atoms with Crippen LogP contribution in [0.25, 0.3) is 0 Å². The number of hydrogen-bond acceptors (Lipinski definition) is 8. The van der Waals surface area contributed by atoms with Gasteiger partial charge in [0.15, 0.2) is 0 Å². The van der Waals surface area contributed by atoms with Crippen LogP contribution >= 0.6 is 0 Å². The van der Waals surface area contributed by atoms with Gasteiger partial charge in [-0.05, 0) is 47.9 Å². The fraction of sp³-hybridized carbons (Fsp3) is 0.550. The highest BCUT2D eigenvalue weighted by Gasteiger charge is 2.15. The minimum Gasteiger partial charge on any atom is -0.486 e. The molecule has 0 aromatic carbocycles. The summed E-state index contributed by atoms with van der Waals surface area (Å²) in [6.07, 6.45) is 3.58. The molecule has 8 heteroatoms. The summed E-state index contributed by atoms with van der Waals surface area (Å²) in [6, 6.07) is 0. The highest BCUT2D eigenvalue weighted by atomic mass is 16.6. The van der Waals surface area contributed by atoms with Crippen LogP contribution in [-0.2, 0) is 33.3 Å². The van der Waals surface area contributed by atoms with E-state index in [1.165, 1.54) is 12.2 Å². The third-order valence-electron chi connectivity index (χ3n) is 2.76. The van der Waals surface area contributed by atoms with Gasteiger partial charge in [0.05, 0.1) is 12.2 Å². The zero-order valence-electron chi connectivity index (χ0n) is 17.5. The molecule has 0 heterocycles. The lowest BCUT2D eigenvalue weighted by molar-refractivity contribution is -0.144. The van der Waals surface area contributed by atoms with Crippen molar-refractivity contribution in [3.63, 3.8) is 0 Å². The molecule has 0 aliphatic carbocycles. The second kappa shape index (κ2) is 13.5.